The molecule has 0 amide bonds. The van der Waals surface area contributed by atoms with E-state index in [1.54, 1.807) is 11.3 Å². The molecule has 0 aliphatic carbocycles. The molecule has 0 unspecified atom stereocenters. The smallest absolute Gasteiger partial charge is 0.185 e. The van der Waals surface area contributed by atoms with E-state index in [0.29, 0.717) is 6.04 Å². The first-order chi connectivity index (χ1) is 10.7. The van der Waals surface area contributed by atoms with Crippen LogP contribution in [0.4, 0.5) is 5.13 Å². The highest BCUT2D eigenvalue weighted by molar-refractivity contribution is 8.93. The molecule has 0 aliphatic heterocycles. The van der Waals surface area contributed by atoms with E-state index < -0.39 is 0 Å². The summed E-state index contributed by atoms with van der Waals surface area (Å²) in [7, 11) is 0. The van der Waals surface area contributed by atoms with Gasteiger partial charge in [0, 0.05) is 18.0 Å². The summed E-state index contributed by atoms with van der Waals surface area (Å²) >= 11 is 1.78. The van der Waals surface area contributed by atoms with Gasteiger partial charge in [0.1, 0.15) is 10.3 Å². The zero-order chi connectivity index (χ0) is 15.5. The second-order valence-corrected chi connectivity index (χ2v) is 7.12. The average Bonchev–Trinajstić information content (AvgIpc) is 3.03. The molecule has 23 heavy (non-hydrogen) atoms. The van der Waals surface area contributed by atoms with E-state index in [1.807, 2.05) is 0 Å². The van der Waals surface area contributed by atoms with Gasteiger partial charge in [-0.2, -0.15) is 0 Å². The van der Waals surface area contributed by atoms with E-state index >= 15 is 0 Å². The number of nitrogens with one attached hydrogen (secondary N) is 1. The molecule has 3 nitrogen and oxygen atoms in total. The van der Waals surface area contributed by atoms with Crippen molar-refractivity contribution in [1.82, 2.24) is 9.55 Å². The van der Waals surface area contributed by atoms with Crippen LogP contribution in [0.5, 0.6) is 0 Å². The Morgan fingerprint density at radius 2 is 1.96 bits per heavy atom. The van der Waals surface area contributed by atoms with Crippen molar-refractivity contribution in [3.63, 3.8) is 0 Å². The largest absolute Gasteiger partial charge is 0.361 e. The predicted molar refractivity (Wildman–Crippen MR) is 108 cm³/mol. The molecule has 126 valence electrons. The van der Waals surface area contributed by atoms with Crippen LogP contribution in [0.2, 0.25) is 0 Å². The van der Waals surface area contributed by atoms with Crippen molar-refractivity contribution in [3.05, 3.63) is 24.3 Å². The van der Waals surface area contributed by atoms with Crippen LogP contribution in [0.3, 0.4) is 0 Å². The van der Waals surface area contributed by atoms with Crippen molar-refractivity contribution in [2.75, 3.05) is 11.9 Å². The van der Waals surface area contributed by atoms with Crippen LogP contribution in [0, 0.1) is 0 Å². The number of unbranched alkanes of at least 4 members (excludes halogenated alkanes) is 3. The quantitative estimate of drug-likeness (QED) is 0.468. The van der Waals surface area contributed by atoms with Crippen LogP contribution >= 0.6 is 28.3 Å². The van der Waals surface area contributed by atoms with E-state index in [2.05, 4.69) is 54.9 Å². The monoisotopic (exact) mass is 395 g/mol. The van der Waals surface area contributed by atoms with Crippen LogP contribution in [-0.4, -0.2) is 16.1 Å². The molecule has 0 saturated heterocycles. The van der Waals surface area contributed by atoms with E-state index in [1.165, 1.54) is 41.4 Å². The van der Waals surface area contributed by atoms with E-state index in [0.717, 1.165) is 17.2 Å². The summed E-state index contributed by atoms with van der Waals surface area (Å²) in [5.74, 6) is 0. The van der Waals surface area contributed by atoms with Gasteiger partial charge in [-0.25, -0.2) is 4.98 Å². The Kier molecular flexibility index (Phi) is 6.48. The van der Waals surface area contributed by atoms with Gasteiger partial charge < -0.3 is 9.88 Å². The van der Waals surface area contributed by atoms with Crippen molar-refractivity contribution in [1.29, 1.82) is 0 Å². The number of aromatic nitrogens is 2. The minimum Gasteiger partial charge on any atom is -0.361 e. The molecule has 1 aromatic carbocycles. The third-order valence-electron chi connectivity index (χ3n) is 4.07. The molecule has 0 spiro atoms. The molecular weight excluding hydrogens is 370 g/mol. The van der Waals surface area contributed by atoms with Gasteiger partial charge in [0.25, 0.3) is 0 Å². The number of hydrogen-bond donors (Lipinski definition) is 1. The number of anilines is 1. The molecule has 1 N–H and O–H groups in total. The first kappa shape index (κ1) is 18.3. The molecule has 0 atom stereocenters. The van der Waals surface area contributed by atoms with Crippen LogP contribution in [0.15, 0.2) is 24.3 Å². The first-order valence-corrected chi connectivity index (χ1v) is 9.17. The minimum atomic E-state index is 0. The minimum absolute atomic E-state index is 0. The molecule has 2 heterocycles. The fourth-order valence-corrected chi connectivity index (χ4v) is 4.13. The molecule has 5 heteroatoms. The maximum absolute atomic E-state index is 4.85. The van der Waals surface area contributed by atoms with Gasteiger partial charge in [-0.05, 0) is 26.3 Å². The van der Waals surface area contributed by atoms with Crippen LogP contribution in [-0.2, 0) is 0 Å². The zero-order valence-electron chi connectivity index (χ0n) is 14.1. The van der Waals surface area contributed by atoms with Gasteiger partial charge in [0.15, 0.2) is 5.13 Å². The molecule has 0 fully saturated rings. The van der Waals surface area contributed by atoms with Gasteiger partial charge >= 0.3 is 0 Å². The van der Waals surface area contributed by atoms with Gasteiger partial charge in [0.05, 0.1) is 5.52 Å². The van der Waals surface area contributed by atoms with Gasteiger partial charge in [-0.1, -0.05) is 55.7 Å². The molecule has 0 saturated carbocycles. The van der Waals surface area contributed by atoms with Gasteiger partial charge in [0.2, 0.25) is 0 Å². The highest BCUT2D eigenvalue weighted by Crippen LogP contribution is 2.36. The zero-order valence-corrected chi connectivity index (χ0v) is 16.7. The lowest BCUT2D eigenvalue weighted by molar-refractivity contribution is 0.645. The summed E-state index contributed by atoms with van der Waals surface area (Å²) in [5, 5.41) is 5.83. The Morgan fingerprint density at radius 1 is 1.17 bits per heavy atom. The third-order valence-corrected chi connectivity index (χ3v) is 5.08. The fraction of sp³-hybridized carbons (Fsp3) is 0.500. The van der Waals surface area contributed by atoms with Crippen molar-refractivity contribution in [3.8, 4) is 0 Å². The highest BCUT2D eigenvalue weighted by Gasteiger charge is 2.16. The summed E-state index contributed by atoms with van der Waals surface area (Å²) < 4.78 is 2.41. The highest BCUT2D eigenvalue weighted by atomic mass is 79.9. The van der Waals surface area contributed by atoms with Crippen LogP contribution < -0.4 is 5.32 Å². The molecule has 0 aliphatic rings. The Hall–Kier alpha value is -1.07. The van der Waals surface area contributed by atoms with Crippen molar-refractivity contribution < 1.29 is 0 Å². The number of para-hydroxylation sites is 1. The second-order valence-electron chi connectivity index (χ2n) is 6.14. The standard InChI is InChI=1S/C18H25N3S.BrH/c1-4-5-6-9-12-19-18-20-16-14-10-7-8-11-15(14)21(13(2)3)17(16)22-18;/h7-8,10-11,13H,4-6,9,12H2,1-3H3,(H,19,20);1H. The normalized spacial score (nSPS) is 11.3. The first-order valence-electron chi connectivity index (χ1n) is 8.35. The summed E-state index contributed by atoms with van der Waals surface area (Å²) in [6, 6.07) is 9.03. The summed E-state index contributed by atoms with van der Waals surface area (Å²) in [6.07, 6.45) is 5.13. The summed E-state index contributed by atoms with van der Waals surface area (Å²) in [4.78, 5) is 6.13. The number of halogens is 1. The lowest BCUT2D eigenvalue weighted by Gasteiger charge is -2.09. The Balaban J connectivity index is 0.00000192. The summed E-state index contributed by atoms with van der Waals surface area (Å²) in [6.45, 7) is 7.75. The maximum atomic E-state index is 4.85. The Labute approximate surface area is 152 Å². The average molecular weight is 396 g/mol. The number of benzene rings is 1. The summed E-state index contributed by atoms with van der Waals surface area (Å²) in [5.41, 5.74) is 2.44. The van der Waals surface area contributed by atoms with Crippen LogP contribution in [0.25, 0.3) is 21.3 Å². The number of rotatable bonds is 7. The lowest BCUT2D eigenvalue weighted by Crippen LogP contribution is -2.01. The lowest BCUT2D eigenvalue weighted by atomic mass is 10.2. The van der Waals surface area contributed by atoms with Crippen molar-refractivity contribution in [2.45, 2.75) is 52.5 Å². The fourth-order valence-electron chi connectivity index (χ4n) is 2.98. The number of nitrogens with zero attached hydrogens (tertiary/aromatic N) is 2. The molecule has 3 aromatic rings. The molecule has 0 radical (unpaired) electrons. The SMILES string of the molecule is Br.CCCCCCNc1nc2c3ccccc3n(C(C)C)c2s1. The van der Waals surface area contributed by atoms with Crippen molar-refractivity contribution in [2.24, 2.45) is 0 Å². The molecule has 3 rings (SSSR count). The molecular formula is C18H26BrN3S. The third kappa shape index (κ3) is 3.72. The Bertz CT molecular complexity index is 760. The van der Waals surface area contributed by atoms with E-state index in [-0.39, 0.29) is 17.0 Å². The topological polar surface area (TPSA) is 29.9 Å². The maximum Gasteiger partial charge on any atom is 0.185 e. The molecule has 2 aromatic heterocycles. The van der Waals surface area contributed by atoms with Gasteiger partial charge in [-0.15, -0.1) is 17.0 Å². The van der Waals surface area contributed by atoms with Crippen LogP contribution in [0.1, 0.15) is 52.5 Å². The number of fused-ring (bicyclic) bond motifs is 3. The Morgan fingerprint density at radius 3 is 2.70 bits per heavy atom. The van der Waals surface area contributed by atoms with Gasteiger partial charge in [-0.3, -0.25) is 0 Å². The molecule has 0 bridgehead atoms. The van der Waals surface area contributed by atoms with E-state index in [9.17, 15) is 0 Å². The van der Waals surface area contributed by atoms with E-state index in [4.69, 9.17) is 4.98 Å². The number of hydrogen-bond acceptors (Lipinski definition) is 3. The van der Waals surface area contributed by atoms with Crippen molar-refractivity contribution >= 4 is 54.7 Å². The number of thiazole rings is 1. The predicted octanol–water partition coefficient (Wildman–Crippen LogP) is 6.40. The second kappa shape index (κ2) is 8.15.